The second-order valence-electron chi connectivity index (χ2n) is 11.5. The Bertz CT molecular complexity index is 1860. The Morgan fingerprint density at radius 1 is 0.956 bits per heavy atom. The summed E-state index contributed by atoms with van der Waals surface area (Å²) in [4.78, 5) is 34.6. The number of hydrogen-bond donors (Lipinski definition) is 0. The van der Waals surface area contributed by atoms with Crippen LogP contribution in [0, 0.1) is 6.92 Å². The van der Waals surface area contributed by atoms with Gasteiger partial charge in [0.25, 0.3) is 5.91 Å². The highest BCUT2D eigenvalue weighted by Crippen LogP contribution is 2.29. The summed E-state index contributed by atoms with van der Waals surface area (Å²) in [6, 6.07) is 21.6. The monoisotopic (exact) mass is 660 g/mol. The molecule has 0 bridgehead atoms. The van der Waals surface area contributed by atoms with Gasteiger partial charge in [-0.1, -0.05) is 76.9 Å². The smallest absolute Gasteiger partial charge is 0.254 e. The molecule has 1 saturated heterocycles. The van der Waals surface area contributed by atoms with E-state index in [0.717, 1.165) is 40.7 Å². The minimum absolute atomic E-state index is 0.0961. The summed E-state index contributed by atoms with van der Waals surface area (Å²) in [7, 11) is 0. The fourth-order valence-electron chi connectivity index (χ4n) is 5.82. The van der Waals surface area contributed by atoms with Crippen LogP contribution < -0.4 is 0 Å². The highest BCUT2D eigenvalue weighted by molar-refractivity contribution is 7.99. The van der Waals surface area contributed by atoms with Crippen molar-refractivity contribution in [2.24, 2.45) is 0 Å². The van der Waals surface area contributed by atoms with Gasteiger partial charge in [-0.2, -0.15) is 0 Å². The molecule has 2 amide bonds. The molecule has 232 valence electrons. The van der Waals surface area contributed by atoms with Crippen molar-refractivity contribution in [1.29, 1.82) is 0 Å². The molecule has 1 fully saturated rings. The molecule has 2 aromatic heterocycles. The number of unbranched alkanes of at least 4 members (excludes halogenated alkanes) is 1. The van der Waals surface area contributed by atoms with Gasteiger partial charge in [-0.15, -0.1) is 10.2 Å². The zero-order valence-corrected chi connectivity index (χ0v) is 27.6. The van der Waals surface area contributed by atoms with E-state index in [9.17, 15) is 9.59 Å². The lowest BCUT2D eigenvalue weighted by atomic mass is 10.1. The van der Waals surface area contributed by atoms with Gasteiger partial charge in [0.2, 0.25) is 11.1 Å². The van der Waals surface area contributed by atoms with Crippen LogP contribution in [0.5, 0.6) is 0 Å². The Labute approximate surface area is 276 Å². The van der Waals surface area contributed by atoms with Crippen molar-refractivity contribution in [3.8, 4) is 0 Å². The number of aryl methyl sites for hydroxylation is 1. The summed E-state index contributed by atoms with van der Waals surface area (Å²) in [6.07, 6.45) is 2.10. The minimum atomic E-state index is -0.101. The lowest BCUT2D eigenvalue weighted by Gasteiger charge is -2.40. The van der Waals surface area contributed by atoms with E-state index in [-0.39, 0.29) is 17.9 Å². The normalized spacial score (nSPS) is 15.2. The van der Waals surface area contributed by atoms with E-state index >= 15 is 0 Å². The second-order valence-corrected chi connectivity index (χ2v) is 13.4. The van der Waals surface area contributed by atoms with E-state index < -0.39 is 0 Å². The first-order valence-electron chi connectivity index (χ1n) is 15.1. The predicted molar refractivity (Wildman–Crippen MR) is 181 cm³/mol. The number of thioether (sulfide) groups is 1. The zero-order chi connectivity index (χ0) is 31.5. The van der Waals surface area contributed by atoms with Crippen LogP contribution in [-0.2, 0) is 11.3 Å². The number of benzene rings is 3. The fourth-order valence-corrected chi connectivity index (χ4v) is 6.90. The van der Waals surface area contributed by atoms with E-state index in [1.54, 1.807) is 34.9 Å². The van der Waals surface area contributed by atoms with Crippen molar-refractivity contribution in [3.05, 3.63) is 93.5 Å². The van der Waals surface area contributed by atoms with Gasteiger partial charge in [-0.3, -0.25) is 9.59 Å². The van der Waals surface area contributed by atoms with Crippen molar-refractivity contribution in [3.63, 3.8) is 0 Å². The third-order valence-electron chi connectivity index (χ3n) is 8.21. The molecule has 1 aliphatic heterocycles. The maximum Gasteiger partial charge on any atom is 0.254 e. The Balaban J connectivity index is 1.02. The third-order valence-corrected chi connectivity index (χ3v) is 9.87. The van der Waals surface area contributed by atoms with Crippen molar-refractivity contribution in [2.45, 2.75) is 50.9 Å². The first-order chi connectivity index (χ1) is 21.8. The zero-order valence-electron chi connectivity index (χ0n) is 25.2. The molecule has 11 heteroatoms. The first-order valence-corrected chi connectivity index (χ1v) is 16.9. The number of carbonyl (C=O) groups is 2. The van der Waals surface area contributed by atoms with Crippen molar-refractivity contribution in [1.82, 2.24) is 29.5 Å². The highest BCUT2D eigenvalue weighted by atomic mass is 35.5. The van der Waals surface area contributed by atoms with Crippen molar-refractivity contribution in [2.75, 3.05) is 25.4 Å². The summed E-state index contributed by atoms with van der Waals surface area (Å²) in [5.74, 6) is 0.810. The van der Waals surface area contributed by atoms with Gasteiger partial charge >= 0.3 is 0 Å². The van der Waals surface area contributed by atoms with Gasteiger partial charge in [-0.05, 0) is 62.6 Å². The average Bonchev–Trinajstić information content (AvgIpc) is 3.33. The SMILES string of the molecule is Cc1ccc2c(c1)c1nnc(SCCCCC(=O)N3CCN(C(=O)c4ccc(Cl)c(Cl)c4)C(C)C3)nc1n2Cc1ccccc1. The van der Waals surface area contributed by atoms with Gasteiger partial charge in [0.15, 0.2) is 5.65 Å². The number of nitrogens with zero attached hydrogens (tertiary/aromatic N) is 6. The number of halogens is 2. The Morgan fingerprint density at radius 2 is 1.78 bits per heavy atom. The molecule has 0 radical (unpaired) electrons. The highest BCUT2D eigenvalue weighted by Gasteiger charge is 2.30. The molecule has 0 spiro atoms. The minimum Gasteiger partial charge on any atom is -0.339 e. The van der Waals surface area contributed by atoms with Crippen LogP contribution >= 0.6 is 35.0 Å². The largest absolute Gasteiger partial charge is 0.339 e. The molecule has 5 aromatic rings. The number of rotatable bonds is 9. The molecule has 6 rings (SSSR count). The maximum atomic E-state index is 13.0. The molecule has 3 aromatic carbocycles. The lowest BCUT2D eigenvalue weighted by Crippen LogP contribution is -2.55. The number of aromatic nitrogens is 4. The first kappa shape index (κ1) is 31.3. The average molecular weight is 662 g/mol. The maximum absolute atomic E-state index is 13.0. The number of fused-ring (bicyclic) bond motifs is 3. The van der Waals surface area contributed by atoms with Gasteiger partial charge in [-0.25, -0.2) is 4.98 Å². The molecule has 0 aliphatic carbocycles. The van der Waals surface area contributed by atoms with Gasteiger partial charge in [0.1, 0.15) is 5.52 Å². The summed E-state index contributed by atoms with van der Waals surface area (Å²) < 4.78 is 2.22. The van der Waals surface area contributed by atoms with E-state index in [4.69, 9.17) is 28.2 Å². The molecule has 0 N–H and O–H groups in total. The molecule has 3 heterocycles. The van der Waals surface area contributed by atoms with Crippen LogP contribution in [0.2, 0.25) is 10.0 Å². The molecular formula is C34H34Cl2N6O2S. The van der Waals surface area contributed by atoms with Gasteiger partial charge < -0.3 is 14.4 Å². The number of hydrogen-bond acceptors (Lipinski definition) is 6. The van der Waals surface area contributed by atoms with E-state index in [1.807, 2.05) is 30.0 Å². The topological polar surface area (TPSA) is 84.2 Å². The third kappa shape index (κ3) is 6.95. The summed E-state index contributed by atoms with van der Waals surface area (Å²) in [6.45, 7) is 6.26. The van der Waals surface area contributed by atoms with Crippen LogP contribution in [0.25, 0.3) is 22.1 Å². The summed E-state index contributed by atoms with van der Waals surface area (Å²) >= 11 is 13.7. The molecule has 1 aliphatic rings. The molecular weight excluding hydrogens is 627 g/mol. The van der Waals surface area contributed by atoms with Crippen molar-refractivity contribution < 1.29 is 9.59 Å². The fraction of sp³-hybridized carbons (Fsp3) is 0.324. The molecule has 45 heavy (non-hydrogen) atoms. The Kier molecular flexibility index (Phi) is 9.58. The summed E-state index contributed by atoms with van der Waals surface area (Å²) in [5, 5.41) is 11.5. The van der Waals surface area contributed by atoms with Crippen LogP contribution in [0.4, 0.5) is 0 Å². The Hall–Kier alpha value is -3.66. The number of carbonyl (C=O) groups excluding carboxylic acids is 2. The quantitative estimate of drug-likeness (QED) is 0.122. The molecule has 1 unspecified atom stereocenters. The number of amides is 2. The van der Waals surface area contributed by atoms with Crippen molar-refractivity contribution >= 4 is 68.8 Å². The van der Waals surface area contributed by atoms with Crippen LogP contribution in [-0.4, -0.2) is 72.8 Å². The Morgan fingerprint density at radius 3 is 2.56 bits per heavy atom. The van der Waals surface area contributed by atoms with E-state index in [0.29, 0.717) is 53.4 Å². The number of piperazine rings is 1. The molecule has 1 atom stereocenters. The predicted octanol–water partition coefficient (Wildman–Crippen LogP) is 7.28. The van der Waals surface area contributed by atoms with E-state index in [1.165, 1.54) is 11.1 Å². The second kappa shape index (κ2) is 13.8. The van der Waals surface area contributed by atoms with Gasteiger partial charge in [0.05, 0.1) is 15.6 Å². The van der Waals surface area contributed by atoms with E-state index in [2.05, 4.69) is 52.0 Å². The molecule has 0 saturated carbocycles. The lowest BCUT2D eigenvalue weighted by molar-refractivity contribution is -0.133. The van der Waals surface area contributed by atoms with Crippen LogP contribution in [0.1, 0.15) is 47.7 Å². The van der Waals surface area contributed by atoms with Crippen LogP contribution in [0.3, 0.4) is 0 Å². The van der Waals surface area contributed by atoms with Gasteiger partial charge in [0, 0.05) is 55.3 Å². The summed E-state index contributed by atoms with van der Waals surface area (Å²) in [5.41, 5.74) is 5.61. The standard InChI is InChI=1S/C34H34Cl2N6O2S/c1-22-11-14-29-26(18-22)31-32(42(29)21-24-8-4-3-5-9-24)37-34(39-38-31)45-17-7-6-10-30(43)40-15-16-41(23(2)20-40)33(44)25-12-13-27(35)28(36)19-25/h3-5,8-9,11-14,18-19,23H,6-7,10,15-17,20-21H2,1-2H3. The van der Waals surface area contributed by atoms with Crippen LogP contribution in [0.15, 0.2) is 71.9 Å². The molecule has 8 nitrogen and oxygen atoms in total.